The fourth-order valence-electron chi connectivity index (χ4n) is 2.36. The molecule has 2 aromatic carbocycles. The fraction of sp³-hybridized carbons (Fsp3) is 0.167. The molecule has 3 aromatic rings. The summed E-state index contributed by atoms with van der Waals surface area (Å²) in [6.45, 7) is 1.95. The smallest absolute Gasteiger partial charge is 0.251 e. The molecule has 122 valence electrons. The Morgan fingerprint density at radius 2 is 1.83 bits per heavy atom. The maximum absolute atomic E-state index is 12.3. The predicted molar refractivity (Wildman–Crippen MR) is 90.2 cm³/mol. The third-order valence-electron chi connectivity index (χ3n) is 3.78. The molecule has 6 heteroatoms. The minimum absolute atomic E-state index is 0.107. The van der Waals surface area contributed by atoms with Crippen molar-refractivity contribution in [3.05, 3.63) is 72.3 Å². The zero-order valence-electron chi connectivity index (χ0n) is 13.5. The van der Waals surface area contributed by atoms with Gasteiger partial charge in [0.25, 0.3) is 5.91 Å². The van der Waals surface area contributed by atoms with Gasteiger partial charge in [-0.2, -0.15) is 5.10 Å². The van der Waals surface area contributed by atoms with Crippen LogP contribution in [0.3, 0.4) is 0 Å². The van der Waals surface area contributed by atoms with Crippen molar-refractivity contribution in [2.45, 2.75) is 13.0 Å². The first-order valence-electron chi connectivity index (χ1n) is 7.57. The molecule has 1 heterocycles. The lowest BCUT2D eigenvalue weighted by atomic mass is 10.1. The normalized spacial score (nSPS) is 11.8. The van der Waals surface area contributed by atoms with Crippen LogP contribution in [0.1, 0.15) is 28.9 Å². The van der Waals surface area contributed by atoms with Gasteiger partial charge in [0.2, 0.25) is 0 Å². The molecule has 3 rings (SSSR count). The lowest BCUT2D eigenvalue weighted by Crippen LogP contribution is -2.26. The first-order chi connectivity index (χ1) is 11.7. The summed E-state index contributed by atoms with van der Waals surface area (Å²) in [7, 11) is 1.60. The summed E-state index contributed by atoms with van der Waals surface area (Å²) in [6.07, 6.45) is 3.13. The van der Waals surface area contributed by atoms with Gasteiger partial charge < -0.3 is 10.1 Å². The molecule has 1 aromatic heterocycles. The SMILES string of the molecule is COc1ccc(C(=O)N[C@H](C)c2ccc(-n3cncn3)cc2)cc1. The van der Waals surface area contributed by atoms with Crippen LogP contribution in [0.4, 0.5) is 0 Å². The van der Waals surface area contributed by atoms with Crippen molar-refractivity contribution in [3.8, 4) is 11.4 Å². The summed E-state index contributed by atoms with van der Waals surface area (Å²) in [4.78, 5) is 16.2. The summed E-state index contributed by atoms with van der Waals surface area (Å²) >= 11 is 0. The molecule has 1 N–H and O–H groups in total. The molecule has 0 aliphatic rings. The summed E-state index contributed by atoms with van der Waals surface area (Å²) < 4.78 is 6.78. The number of amides is 1. The van der Waals surface area contributed by atoms with Gasteiger partial charge in [-0.15, -0.1) is 0 Å². The van der Waals surface area contributed by atoms with Gasteiger partial charge in [0.1, 0.15) is 18.4 Å². The van der Waals surface area contributed by atoms with Crippen molar-refractivity contribution < 1.29 is 9.53 Å². The Bertz CT molecular complexity index is 796. The Balaban J connectivity index is 1.67. The third kappa shape index (κ3) is 3.43. The van der Waals surface area contributed by atoms with Crippen molar-refractivity contribution in [1.29, 1.82) is 0 Å². The maximum atomic E-state index is 12.3. The van der Waals surface area contributed by atoms with Gasteiger partial charge in [-0.1, -0.05) is 12.1 Å². The molecule has 1 amide bonds. The van der Waals surface area contributed by atoms with Crippen molar-refractivity contribution >= 4 is 5.91 Å². The van der Waals surface area contributed by atoms with Gasteiger partial charge in [0.05, 0.1) is 18.8 Å². The van der Waals surface area contributed by atoms with E-state index in [1.165, 1.54) is 6.33 Å². The lowest BCUT2D eigenvalue weighted by molar-refractivity contribution is 0.0940. The van der Waals surface area contributed by atoms with Crippen LogP contribution in [0.5, 0.6) is 5.75 Å². The Morgan fingerprint density at radius 1 is 1.12 bits per heavy atom. The van der Waals surface area contributed by atoms with Gasteiger partial charge in [0, 0.05) is 5.56 Å². The molecule has 1 atom stereocenters. The van der Waals surface area contributed by atoms with E-state index in [4.69, 9.17) is 4.74 Å². The Hall–Kier alpha value is -3.15. The molecule has 0 aliphatic heterocycles. The quantitative estimate of drug-likeness (QED) is 0.784. The number of aromatic nitrogens is 3. The van der Waals surface area contributed by atoms with E-state index >= 15 is 0 Å². The van der Waals surface area contributed by atoms with Crippen LogP contribution < -0.4 is 10.1 Å². The van der Waals surface area contributed by atoms with Crippen molar-refractivity contribution in [3.63, 3.8) is 0 Å². The standard InChI is InChI=1S/C18H18N4O2/c1-13(21-18(23)15-5-9-17(24-2)10-6-15)14-3-7-16(8-4-14)22-12-19-11-20-22/h3-13H,1-2H3,(H,21,23)/t13-/m1/s1. The van der Waals surface area contributed by atoms with Gasteiger partial charge in [-0.05, 0) is 48.9 Å². The molecule has 0 unspecified atom stereocenters. The Morgan fingerprint density at radius 3 is 2.42 bits per heavy atom. The number of ether oxygens (including phenoxy) is 1. The fourth-order valence-corrected chi connectivity index (χ4v) is 2.36. The highest BCUT2D eigenvalue weighted by atomic mass is 16.5. The molecular formula is C18H18N4O2. The number of nitrogens with one attached hydrogen (secondary N) is 1. The second-order valence-corrected chi connectivity index (χ2v) is 5.36. The van der Waals surface area contributed by atoms with E-state index in [1.807, 2.05) is 31.2 Å². The van der Waals surface area contributed by atoms with E-state index < -0.39 is 0 Å². The largest absolute Gasteiger partial charge is 0.497 e. The van der Waals surface area contributed by atoms with Crippen LogP contribution in [-0.2, 0) is 0 Å². The zero-order chi connectivity index (χ0) is 16.9. The number of carbonyl (C=O) groups excluding carboxylic acids is 1. The highest BCUT2D eigenvalue weighted by molar-refractivity contribution is 5.94. The molecule has 0 saturated carbocycles. The van der Waals surface area contributed by atoms with E-state index in [0.29, 0.717) is 5.56 Å². The van der Waals surface area contributed by atoms with Crippen LogP contribution >= 0.6 is 0 Å². The van der Waals surface area contributed by atoms with Crippen LogP contribution in [0.25, 0.3) is 5.69 Å². The van der Waals surface area contributed by atoms with E-state index in [1.54, 1.807) is 42.4 Å². The van der Waals surface area contributed by atoms with Crippen molar-refractivity contribution in [2.24, 2.45) is 0 Å². The molecule has 0 bridgehead atoms. The first kappa shape index (κ1) is 15.7. The third-order valence-corrected chi connectivity index (χ3v) is 3.78. The highest BCUT2D eigenvalue weighted by Gasteiger charge is 2.11. The summed E-state index contributed by atoms with van der Waals surface area (Å²) in [6, 6.07) is 14.7. The van der Waals surface area contributed by atoms with Gasteiger partial charge in [0.15, 0.2) is 0 Å². The highest BCUT2D eigenvalue weighted by Crippen LogP contribution is 2.17. The van der Waals surface area contributed by atoms with Crippen LogP contribution in [0.2, 0.25) is 0 Å². The number of methoxy groups -OCH3 is 1. The Kier molecular flexibility index (Phi) is 4.56. The molecule has 6 nitrogen and oxygen atoms in total. The molecule has 0 radical (unpaired) electrons. The van der Waals surface area contributed by atoms with E-state index in [-0.39, 0.29) is 11.9 Å². The number of hydrogen-bond donors (Lipinski definition) is 1. The average molecular weight is 322 g/mol. The van der Waals surface area contributed by atoms with Crippen LogP contribution in [0, 0.1) is 0 Å². The van der Waals surface area contributed by atoms with E-state index in [9.17, 15) is 4.79 Å². The molecular weight excluding hydrogens is 304 g/mol. The zero-order valence-corrected chi connectivity index (χ0v) is 13.5. The van der Waals surface area contributed by atoms with Gasteiger partial charge in [-0.3, -0.25) is 4.79 Å². The van der Waals surface area contributed by atoms with Crippen molar-refractivity contribution in [1.82, 2.24) is 20.1 Å². The number of nitrogens with zero attached hydrogens (tertiary/aromatic N) is 3. The molecule has 0 aliphatic carbocycles. The minimum atomic E-state index is -0.120. The van der Waals surface area contributed by atoms with E-state index in [2.05, 4.69) is 15.4 Å². The average Bonchev–Trinajstić information content (AvgIpc) is 3.16. The molecule has 24 heavy (non-hydrogen) atoms. The number of carbonyl (C=O) groups is 1. The monoisotopic (exact) mass is 322 g/mol. The number of benzene rings is 2. The lowest BCUT2D eigenvalue weighted by Gasteiger charge is -2.15. The van der Waals surface area contributed by atoms with Gasteiger partial charge >= 0.3 is 0 Å². The molecule has 0 spiro atoms. The minimum Gasteiger partial charge on any atom is -0.497 e. The van der Waals surface area contributed by atoms with Crippen LogP contribution in [0.15, 0.2) is 61.2 Å². The first-order valence-corrected chi connectivity index (χ1v) is 7.57. The molecule has 0 fully saturated rings. The second kappa shape index (κ2) is 6.95. The summed E-state index contributed by atoms with van der Waals surface area (Å²) in [5.74, 6) is 0.605. The van der Waals surface area contributed by atoms with Gasteiger partial charge in [-0.25, -0.2) is 9.67 Å². The second-order valence-electron chi connectivity index (χ2n) is 5.36. The van der Waals surface area contributed by atoms with E-state index in [0.717, 1.165) is 17.0 Å². The summed E-state index contributed by atoms with van der Waals surface area (Å²) in [5, 5.41) is 7.08. The number of rotatable bonds is 5. The van der Waals surface area contributed by atoms with Crippen LogP contribution in [-0.4, -0.2) is 27.8 Å². The number of hydrogen-bond acceptors (Lipinski definition) is 4. The van der Waals surface area contributed by atoms with Crippen molar-refractivity contribution in [2.75, 3.05) is 7.11 Å². The molecule has 0 saturated heterocycles. The Labute approximate surface area is 140 Å². The topological polar surface area (TPSA) is 69.0 Å². The predicted octanol–water partition coefficient (Wildman–Crippen LogP) is 2.77. The maximum Gasteiger partial charge on any atom is 0.251 e. The summed E-state index contributed by atoms with van der Waals surface area (Å²) in [5.41, 5.74) is 2.53.